The summed E-state index contributed by atoms with van der Waals surface area (Å²) >= 11 is 5.73. The smallest absolute Gasteiger partial charge is 0.226 e. The van der Waals surface area contributed by atoms with Crippen LogP contribution in [0.15, 0.2) is 30.5 Å². The minimum absolute atomic E-state index is 0.176. The number of ether oxygens (including phenoxy) is 1. The van der Waals surface area contributed by atoms with E-state index in [2.05, 4.69) is 15.3 Å². The molecule has 0 unspecified atom stereocenters. The lowest BCUT2D eigenvalue weighted by molar-refractivity contribution is 0.457. The van der Waals surface area contributed by atoms with Crippen LogP contribution in [0.4, 0.5) is 5.69 Å². The maximum Gasteiger partial charge on any atom is 0.226 e. The first kappa shape index (κ1) is 11.7. The normalized spacial score (nSPS) is 10.1. The number of nitrogens with zero attached hydrogens (tertiary/aromatic N) is 2. The first-order valence-corrected chi connectivity index (χ1v) is 5.51. The van der Waals surface area contributed by atoms with Crippen LogP contribution in [0.5, 0.6) is 11.6 Å². The van der Waals surface area contributed by atoms with Crippen LogP contribution in [0.3, 0.4) is 0 Å². The molecule has 0 atom stereocenters. The van der Waals surface area contributed by atoms with Crippen LogP contribution in [-0.2, 0) is 0 Å². The summed E-state index contributed by atoms with van der Waals surface area (Å²) in [6, 6.07) is 7.59. The number of anilines is 1. The third-order valence-electron chi connectivity index (χ3n) is 2.23. The summed E-state index contributed by atoms with van der Waals surface area (Å²) in [4.78, 5) is 7.91. The summed E-state index contributed by atoms with van der Waals surface area (Å²) in [6.07, 6.45) is 1.63. The molecule has 0 saturated carbocycles. The molecule has 0 aliphatic heterocycles. The molecule has 4 nitrogen and oxygen atoms in total. The van der Waals surface area contributed by atoms with Gasteiger partial charge in [0, 0.05) is 30.6 Å². The highest BCUT2D eigenvalue weighted by Gasteiger charge is 2.05. The molecule has 1 aromatic carbocycles. The van der Waals surface area contributed by atoms with Gasteiger partial charge in [-0.1, -0.05) is 6.07 Å². The number of aromatic nitrogens is 2. The van der Waals surface area contributed by atoms with Gasteiger partial charge >= 0.3 is 0 Å². The maximum absolute atomic E-state index is 5.73. The second-order valence-electron chi connectivity index (χ2n) is 3.51. The van der Waals surface area contributed by atoms with Gasteiger partial charge in [0.2, 0.25) is 11.2 Å². The summed E-state index contributed by atoms with van der Waals surface area (Å²) in [5, 5.41) is 3.22. The molecule has 0 bridgehead atoms. The van der Waals surface area contributed by atoms with Crippen molar-refractivity contribution in [3.63, 3.8) is 0 Å². The third-order valence-corrected chi connectivity index (χ3v) is 2.42. The zero-order chi connectivity index (χ0) is 12.3. The quantitative estimate of drug-likeness (QED) is 0.848. The zero-order valence-corrected chi connectivity index (χ0v) is 10.3. The van der Waals surface area contributed by atoms with Crippen molar-refractivity contribution in [2.75, 3.05) is 12.4 Å². The number of benzene rings is 1. The van der Waals surface area contributed by atoms with Crippen LogP contribution in [0.25, 0.3) is 0 Å². The molecule has 1 aromatic heterocycles. The van der Waals surface area contributed by atoms with Crippen molar-refractivity contribution in [2.24, 2.45) is 0 Å². The zero-order valence-electron chi connectivity index (χ0n) is 9.57. The minimum Gasteiger partial charge on any atom is -0.439 e. The molecular weight excluding hydrogens is 238 g/mol. The van der Waals surface area contributed by atoms with Crippen LogP contribution < -0.4 is 10.1 Å². The van der Waals surface area contributed by atoms with E-state index in [9.17, 15) is 0 Å². The Morgan fingerprint density at radius 2 is 2.18 bits per heavy atom. The van der Waals surface area contributed by atoms with Crippen molar-refractivity contribution in [1.82, 2.24) is 9.97 Å². The summed E-state index contributed by atoms with van der Waals surface area (Å²) in [7, 11) is 1.85. The first-order chi connectivity index (χ1) is 8.19. The lowest BCUT2D eigenvalue weighted by atomic mass is 10.3. The highest BCUT2D eigenvalue weighted by molar-refractivity contribution is 6.28. The Balaban J connectivity index is 2.27. The van der Waals surface area contributed by atoms with Gasteiger partial charge < -0.3 is 10.1 Å². The van der Waals surface area contributed by atoms with Gasteiger partial charge in [-0.3, -0.25) is 0 Å². The Hall–Kier alpha value is -1.81. The second-order valence-corrected chi connectivity index (χ2v) is 3.85. The largest absolute Gasteiger partial charge is 0.439 e. The van der Waals surface area contributed by atoms with Gasteiger partial charge in [0.15, 0.2) is 0 Å². The van der Waals surface area contributed by atoms with Crippen molar-refractivity contribution in [3.8, 4) is 11.6 Å². The van der Waals surface area contributed by atoms with Gasteiger partial charge in [0.05, 0.1) is 0 Å². The molecule has 0 aliphatic carbocycles. The van der Waals surface area contributed by atoms with Crippen molar-refractivity contribution < 1.29 is 4.74 Å². The van der Waals surface area contributed by atoms with E-state index < -0.39 is 0 Å². The van der Waals surface area contributed by atoms with Crippen molar-refractivity contribution in [1.29, 1.82) is 0 Å². The number of hydrogen-bond donors (Lipinski definition) is 1. The van der Waals surface area contributed by atoms with Gasteiger partial charge in [0.1, 0.15) is 5.75 Å². The standard InChI is InChI=1S/C12H12ClN3O/c1-8-7-15-12(13)16-11(8)17-10-5-3-4-9(6-10)14-2/h3-7,14H,1-2H3. The monoisotopic (exact) mass is 249 g/mol. The maximum atomic E-state index is 5.73. The van der Waals surface area contributed by atoms with Crippen LogP contribution in [0, 0.1) is 6.92 Å². The average molecular weight is 250 g/mol. The number of aryl methyl sites for hydroxylation is 1. The lowest BCUT2D eigenvalue weighted by Gasteiger charge is -2.08. The van der Waals surface area contributed by atoms with Gasteiger partial charge in [-0.25, -0.2) is 4.98 Å². The highest BCUT2D eigenvalue weighted by Crippen LogP contribution is 2.25. The minimum atomic E-state index is 0.176. The molecular formula is C12H12ClN3O. The summed E-state index contributed by atoms with van der Waals surface area (Å²) in [6.45, 7) is 1.87. The first-order valence-electron chi connectivity index (χ1n) is 5.14. The number of nitrogens with one attached hydrogen (secondary N) is 1. The van der Waals surface area contributed by atoms with E-state index in [-0.39, 0.29) is 5.28 Å². The predicted octanol–water partition coefficient (Wildman–Crippen LogP) is 3.27. The molecule has 1 N–H and O–H groups in total. The lowest BCUT2D eigenvalue weighted by Crippen LogP contribution is -1.94. The average Bonchev–Trinajstić information content (AvgIpc) is 2.34. The molecule has 0 spiro atoms. The number of hydrogen-bond acceptors (Lipinski definition) is 4. The van der Waals surface area contributed by atoms with Crippen molar-refractivity contribution in [3.05, 3.63) is 41.3 Å². The fourth-order valence-corrected chi connectivity index (χ4v) is 1.46. The Morgan fingerprint density at radius 1 is 1.35 bits per heavy atom. The van der Waals surface area contributed by atoms with Crippen LogP contribution >= 0.6 is 11.6 Å². The molecule has 0 aliphatic rings. The van der Waals surface area contributed by atoms with Crippen LogP contribution in [0.2, 0.25) is 5.28 Å². The van der Waals surface area contributed by atoms with Gasteiger partial charge in [-0.15, -0.1) is 0 Å². The molecule has 5 heteroatoms. The van der Waals surface area contributed by atoms with Crippen molar-refractivity contribution >= 4 is 17.3 Å². The van der Waals surface area contributed by atoms with Crippen LogP contribution in [-0.4, -0.2) is 17.0 Å². The summed E-state index contributed by atoms with van der Waals surface area (Å²) in [5.41, 5.74) is 1.81. The van der Waals surface area contributed by atoms with E-state index in [0.717, 1.165) is 11.3 Å². The molecule has 1 heterocycles. The van der Waals surface area contributed by atoms with E-state index in [0.29, 0.717) is 11.6 Å². The van der Waals surface area contributed by atoms with E-state index in [1.54, 1.807) is 6.20 Å². The number of rotatable bonds is 3. The highest BCUT2D eigenvalue weighted by atomic mass is 35.5. The Kier molecular flexibility index (Phi) is 3.44. The summed E-state index contributed by atoms with van der Waals surface area (Å²) in [5.74, 6) is 1.17. The van der Waals surface area contributed by atoms with E-state index in [1.165, 1.54) is 0 Å². The van der Waals surface area contributed by atoms with Gasteiger partial charge in [-0.2, -0.15) is 4.98 Å². The van der Waals surface area contributed by atoms with Gasteiger partial charge in [0.25, 0.3) is 0 Å². The Labute approximate surface area is 105 Å². The molecule has 0 amide bonds. The fourth-order valence-electron chi connectivity index (χ4n) is 1.34. The molecule has 17 heavy (non-hydrogen) atoms. The molecule has 0 radical (unpaired) electrons. The van der Waals surface area contributed by atoms with E-state index >= 15 is 0 Å². The van der Waals surface area contributed by atoms with E-state index in [1.807, 2.05) is 38.2 Å². The third kappa shape index (κ3) is 2.85. The van der Waals surface area contributed by atoms with Gasteiger partial charge in [-0.05, 0) is 30.7 Å². The fraction of sp³-hybridized carbons (Fsp3) is 0.167. The molecule has 88 valence electrons. The topological polar surface area (TPSA) is 47.0 Å². The molecule has 2 rings (SSSR count). The SMILES string of the molecule is CNc1cccc(Oc2nc(Cl)ncc2C)c1. The summed E-state index contributed by atoms with van der Waals surface area (Å²) < 4.78 is 5.66. The number of halogens is 1. The van der Waals surface area contributed by atoms with Crippen LogP contribution in [0.1, 0.15) is 5.56 Å². The van der Waals surface area contributed by atoms with Crippen molar-refractivity contribution in [2.45, 2.75) is 6.92 Å². The predicted molar refractivity (Wildman–Crippen MR) is 67.8 cm³/mol. The Bertz CT molecular complexity index is 531. The molecule has 2 aromatic rings. The Morgan fingerprint density at radius 3 is 2.94 bits per heavy atom. The van der Waals surface area contributed by atoms with E-state index in [4.69, 9.17) is 16.3 Å². The second kappa shape index (κ2) is 5.01. The molecule has 0 fully saturated rings. The molecule has 0 saturated heterocycles.